The third-order valence-corrected chi connectivity index (χ3v) is 3.03. The summed E-state index contributed by atoms with van der Waals surface area (Å²) in [5, 5.41) is 0.460. The highest BCUT2D eigenvalue weighted by atomic mass is 28.4. The first-order valence-electron chi connectivity index (χ1n) is 5.63. The summed E-state index contributed by atoms with van der Waals surface area (Å²) in [7, 11) is -2.00. The first-order chi connectivity index (χ1) is 8.37. The number of fused-ring (bicyclic) bond motifs is 1. The second-order valence-electron chi connectivity index (χ2n) is 4.97. The average Bonchev–Trinajstić information content (AvgIpc) is 2.26. The number of hydrogen-bond acceptors (Lipinski definition) is 4. The molecule has 0 unspecified atom stereocenters. The van der Waals surface area contributed by atoms with E-state index in [1.165, 1.54) is 6.07 Å². The van der Waals surface area contributed by atoms with E-state index in [4.69, 9.17) is 8.84 Å². The third-order valence-electron chi connectivity index (χ3n) is 2.23. The molecule has 0 saturated heterocycles. The van der Waals surface area contributed by atoms with Crippen LogP contribution >= 0.6 is 0 Å². The molecule has 1 aromatic carbocycles. The molecule has 0 bridgehead atoms. The Hall–Kier alpha value is -1.88. The van der Waals surface area contributed by atoms with E-state index in [1.54, 1.807) is 24.3 Å². The quantitative estimate of drug-likeness (QED) is 0.781. The second kappa shape index (κ2) is 4.42. The molecule has 0 saturated carbocycles. The van der Waals surface area contributed by atoms with Crippen molar-refractivity contribution < 1.29 is 13.6 Å². The molecular formula is C13H14O4Si. The van der Waals surface area contributed by atoms with Crippen LogP contribution in [0, 0.1) is 0 Å². The van der Waals surface area contributed by atoms with Gasteiger partial charge >= 0.3 is 5.97 Å². The van der Waals surface area contributed by atoms with Gasteiger partial charge in [0, 0.05) is 6.07 Å². The number of benzene rings is 1. The van der Waals surface area contributed by atoms with Gasteiger partial charge in [-0.15, -0.1) is 0 Å². The molecule has 1 aromatic heterocycles. The van der Waals surface area contributed by atoms with Crippen LogP contribution in [0.5, 0.6) is 0 Å². The Kier molecular flexibility index (Phi) is 3.08. The normalized spacial score (nSPS) is 11.5. The van der Waals surface area contributed by atoms with Gasteiger partial charge in [-0.25, -0.2) is 4.79 Å². The van der Waals surface area contributed by atoms with Crippen molar-refractivity contribution in [1.82, 2.24) is 0 Å². The molecule has 0 N–H and O–H groups in total. The highest BCUT2D eigenvalue weighted by molar-refractivity contribution is 6.71. The van der Waals surface area contributed by atoms with Crippen LogP contribution in [0.3, 0.4) is 0 Å². The molecule has 0 aliphatic heterocycles. The van der Waals surface area contributed by atoms with Crippen LogP contribution < -0.4 is 5.43 Å². The molecule has 0 radical (unpaired) electrons. The first-order valence-corrected chi connectivity index (χ1v) is 9.04. The maximum Gasteiger partial charge on any atom is 0.361 e. The van der Waals surface area contributed by atoms with E-state index in [2.05, 4.69) is 0 Å². The van der Waals surface area contributed by atoms with Crippen LogP contribution in [0.1, 0.15) is 10.6 Å². The molecule has 0 atom stereocenters. The SMILES string of the molecule is C[Si](C)(C)OC(=O)c1cc(=O)c2ccccc2o1. The van der Waals surface area contributed by atoms with Crippen molar-refractivity contribution in [3.8, 4) is 0 Å². The molecule has 0 spiro atoms. The summed E-state index contributed by atoms with van der Waals surface area (Å²) < 4.78 is 10.7. The van der Waals surface area contributed by atoms with Gasteiger partial charge in [-0.1, -0.05) is 12.1 Å². The zero-order valence-electron chi connectivity index (χ0n) is 10.5. The molecule has 5 heteroatoms. The van der Waals surface area contributed by atoms with Gasteiger partial charge in [-0.2, -0.15) is 0 Å². The smallest absolute Gasteiger partial charge is 0.361 e. The lowest BCUT2D eigenvalue weighted by molar-refractivity contribution is 0.0691. The zero-order valence-corrected chi connectivity index (χ0v) is 11.5. The molecule has 18 heavy (non-hydrogen) atoms. The van der Waals surface area contributed by atoms with Gasteiger partial charge in [0.1, 0.15) is 5.58 Å². The van der Waals surface area contributed by atoms with Gasteiger partial charge in [0.25, 0.3) is 0 Å². The lowest BCUT2D eigenvalue weighted by Gasteiger charge is -2.16. The fourth-order valence-electron chi connectivity index (χ4n) is 1.53. The zero-order chi connectivity index (χ0) is 13.3. The van der Waals surface area contributed by atoms with E-state index in [0.717, 1.165) is 0 Å². The molecule has 0 aliphatic rings. The number of carbonyl (C=O) groups excluding carboxylic acids is 1. The Morgan fingerprint density at radius 1 is 1.22 bits per heavy atom. The van der Waals surface area contributed by atoms with E-state index in [9.17, 15) is 9.59 Å². The van der Waals surface area contributed by atoms with Crippen LogP contribution in [0.2, 0.25) is 19.6 Å². The minimum atomic E-state index is -2.00. The largest absolute Gasteiger partial charge is 0.514 e. The lowest BCUT2D eigenvalue weighted by Crippen LogP contribution is -2.29. The van der Waals surface area contributed by atoms with Gasteiger partial charge in [-0.3, -0.25) is 4.79 Å². The Morgan fingerprint density at radius 2 is 1.89 bits per heavy atom. The summed E-state index contributed by atoms with van der Waals surface area (Å²) in [6.45, 7) is 5.68. The highest BCUT2D eigenvalue weighted by Gasteiger charge is 2.23. The van der Waals surface area contributed by atoms with Crippen molar-refractivity contribution in [3.63, 3.8) is 0 Å². The number of hydrogen-bond donors (Lipinski definition) is 0. The molecule has 94 valence electrons. The minimum absolute atomic E-state index is 0.0406. The van der Waals surface area contributed by atoms with Gasteiger partial charge in [0.2, 0.25) is 14.1 Å². The second-order valence-corrected chi connectivity index (χ2v) is 9.40. The fourth-order valence-corrected chi connectivity index (χ4v) is 2.19. The molecule has 2 rings (SSSR count). The van der Waals surface area contributed by atoms with Gasteiger partial charge in [-0.05, 0) is 31.8 Å². The van der Waals surface area contributed by atoms with Crippen molar-refractivity contribution in [3.05, 3.63) is 46.3 Å². The van der Waals surface area contributed by atoms with Gasteiger partial charge in [0.15, 0.2) is 5.43 Å². The predicted octanol–water partition coefficient (Wildman–Crippen LogP) is 2.78. The van der Waals surface area contributed by atoms with Crippen molar-refractivity contribution >= 4 is 25.3 Å². The molecule has 0 aliphatic carbocycles. The van der Waals surface area contributed by atoms with Crippen molar-refractivity contribution in [2.75, 3.05) is 0 Å². The third kappa shape index (κ3) is 2.68. The Balaban J connectivity index is 2.47. The van der Waals surface area contributed by atoms with Crippen molar-refractivity contribution in [1.29, 1.82) is 0 Å². The van der Waals surface area contributed by atoms with E-state index in [0.29, 0.717) is 11.0 Å². The number of para-hydroxylation sites is 1. The van der Waals surface area contributed by atoms with Crippen LogP contribution in [0.15, 0.2) is 39.5 Å². The van der Waals surface area contributed by atoms with Gasteiger partial charge < -0.3 is 8.84 Å². The number of rotatable bonds is 2. The van der Waals surface area contributed by atoms with E-state index in [-0.39, 0.29) is 11.2 Å². The molecule has 2 aromatic rings. The maximum atomic E-state index is 11.8. The lowest BCUT2D eigenvalue weighted by atomic mass is 10.2. The molecule has 0 amide bonds. The Bertz CT molecular complexity index is 652. The van der Waals surface area contributed by atoms with E-state index >= 15 is 0 Å². The summed E-state index contributed by atoms with van der Waals surface area (Å²) in [6.07, 6.45) is 0. The van der Waals surface area contributed by atoms with Crippen LogP contribution in [0.25, 0.3) is 11.0 Å². The maximum absolute atomic E-state index is 11.8. The number of carbonyl (C=O) groups is 1. The summed E-state index contributed by atoms with van der Waals surface area (Å²) in [5.41, 5.74) is 0.159. The molecule has 1 heterocycles. The standard InChI is InChI=1S/C13H14O4Si/c1-18(2,3)17-13(15)12-8-10(14)9-6-4-5-7-11(9)16-12/h4-8H,1-3H3. The monoisotopic (exact) mass is 262 g/mol. The Labute approximate surface area is 105 Å². The van der Waals surface area contributed by atoms with Crippen LogP contribution in [-0.4, -0.2) is 14.3 Å². The average molecular weight is 262 g/mol. The minimum Gasteiger partial charge on any atom is -0.514 e. The summed E-state index contributed by atoms with van der Waals surface area (Å²) in [4.78, 5) is 23.6. The summed E-state index contributed by atoms with van der Waals surface area (Å²) in [5.74, 6) is -0.613. The summed E-state index contributed by atoms with van der Waals surface area (Å²) >= 11 is 0. The van der Waals surface area contributed by atoms with Crippen molar-refractivity contribution in [2.24, 2.45) is 0 Å². The van der Waals surface area contributed by atoms with Crippen LogP contribution in [-0.2, 0) is 4.43 Å². The fraction of sp³-hybridized carbons (Fsp3) is 0.231. The van der Waals surface area contributed by atoms with Crippen molar-refractivity contribution in [2.45, 2.75) is 19.6 Å². The predicted molar refractivity (Wildman–Crippen MR) is 71.2 cm³/mol. The summed E-state index contributed by atoms with van der Waals surface area (Å²) in [6, 6.07) is 8.00. The molecular weight excluding hydrogens is 248 g/mol. The highest BCUT2D eigenvalue weighted by Crippen LogP contribution is 2.14. The van der Waals surface area contributed by atoms with E-state index in [1.807, 2.05) is 19.6 Å². The Morgan fingerprint density at radius 3 is 2.56 bits per heavy atom. The first kappa shape index (κ1) is 12.6. The topological polar surface area (TPSA) is 56.5 Å². The van der Waals surface area contributed by atoms with Crippen LogP contribution in [0.4, 0.5) is 0 Å². The molecule has 0 fully saturated rings. The molecule has 4 nitrogen and oxygen atoms in total. The van der Waals surface area contributed by atoms with E-state index < -0.39 is 14.3 Å². The van der Waals surface area contributed by atoms with Gasteiger partial charge in [0.05, 0.1) is 5.39 Å².